The average molecular weight is 308 g/mol. The van der Waals surface area contributed by atoms with Gasteiger partial charge < -0.3 is 5.73 Å². The van der Waals surface area contributed by atoms with Crippen molar-refractivity contribution >= 4 is 25.7 Å². The number of hydrogen-bond donors (Lipinski definition) is 2. The Labute approximate surface area is 111 Å². The first-order valence-corrected chi connectivity index (χ1v) is 9.05. The third-order valence-electron chi connectivity index (χ3n) is 3.15. The van der Waals surface area contributed by atoms with Gasteiger partial charge in [0.15, 0.2) is 9.84 Å². The summed E-state index contributed by atoms with van der Waals surface area (Å²) >= 11 is 0. The fourth-order valence-corrected chi connectivity index (χ4v) is 5.74. The normalized spacial score (nSPS) is 22.9. The minimum absolute atomic E-state index is 0.0184. The molecule has 0 radical (unpaired) electrons. The molecule has 2 heterocycles. The Bertz CT molecular complexity index is 664. The number of nitrogens with two attached hydrogens (primary N) is 1. The van der Waals surface area contributed by atoms with Crippen molar-refractivity contribution in [2.45, 2.75) is 24.3 Å². The molecule has 1 atom stereocenters. The van der Waals surface area contributed by atoms with E-state index >= 15 is 0 Å². The molecule has 1 aliphatic rings. The van der Waals surface area contributed by atoms with Crippen molar-refractivity contribution in [2.24, 2.45) is 0 Å². The lowest BCUT2D eigenvalue weighted by atomic mass is 10.3. The molecule has 1 fully saturated rings. The maximum atomic E-state index is 12.4. The van der Waals surface area contributed by atoms with Gasteiger partial charge in [-0.2, -0.15) is 9.40 Å². The highest BCUT2D eigenvalue weighted by atomic mass is 32.2. The van der Waals surface area contributed by atoms with Gasteiger partial charge >= 0.3 is 0 Å². The second kappa shape index (κ2) is 4.76. The maximum absolute atomic E-state index is 12.4. The second-order valence-corrected chi connectivity index (χ2v) is 8.50. The highest BCUT2D eigenvalue weighted by Gasteiger charge is 2.38. The van der Waals surface area contributed by atoms with E-state index in [-0.39, 0.29) is 28.8 Å². The van der Waals surface area contributed by atoms with E-state index in [1.807, 2.05) is 0 Å². The van der Waals surface area contributed by atoms with Crippen molar-refractivity contribution in [1.82, 2.24) is 14.5 Å². The standard InChI is InChI=1S/C9H16N4O4S2/c1-2-13(7-3-4-18(14,15)6-7)19(16,17)8-5-11-12-9(8)10/h5,7H,2-4,6H2,1H3,(H3,10,11,12). The largest absolute Gasteiger partial charge is 0.383 e. The molecule has 8 nitrogen and oxygen atoms in total. The molecule has 10 heteroatoms. The van der Waals surface area contributed by atoms with Gasteiger partial charge in [0.1, 0.15) is 10.7 Å². The van der Waals surface area contributed by atoms with Crippen molar-refractivity contribution in [3.8, 4) is 0 Å². The fraction of sp³-hybridized carbons (Fsp3) is 0.667. The molecule has 0 bridgehead atoms. The van der Waals surface area contributed by atoms with Gasteiger partial charge in [0, 0.05) is 12.6 Å². The molecule has 108 valence electrons. The lowest BCUT2D eigenvalue weighted by molar-refractivity contribution is 0.354. The van der Waals surface area contributed by atoms with Gasteiger partial charge in [0.2, 0.25) is 10.0 Å². The Morgan fingerprint density at radius 2 is 2.26 bits per heavy atom. The van der Waals surface area contributed by atoms with E-state index in [1.165, 1.54) is 4.31 Å². The van der Waals surface area contributed by atoms with Crippen LogP contribution in [0.4, 0.5) is 5.82 Å². The van der Waals surface area contributed by atoms with Crippen LogP contribution in [0.1, 0.15) is 13.3 Å². The van der Waals surface area contributed by atoms with Gasteiger partial charge in [-0.15, -0.1) is 0 Å². The Morgan fingerprint density at radius 3 is 2.68 bits per heavy atom. The highest BCUT2D eigenvalue weighted by Crippen LogP contribution is 2.26. The molecule has 0 aromatic carbocycles. The number of aromatic amines is 1. The number of sulfonamides is 1. The van der Waals surface area contributed by atoms with Gasteiger partial charge in [0.25, 0.3) is 0 Å². The summed E-state index contributed by atoms with van der Waals surface area (Å²) in [5.41, 5.74) is 5.53. The molecule has 0 amide bonds. The number of H-pyrrole nitrogens is 1. The van der Waals surface area contributed by atoms with Gasteiger partial charge in [-0.3, -0.25) is 5.10 Å². The average Bonchev–Trinajstić information content (AvgIpc) is 2.86. The van der Waals surface area contributed by atoms with E-state index in [2.05, 4.69) is 10.2 Å². The lowest BCUT2D eigenvalue weighted by Gasteiger charge is -2.25. The highest BCUT2D eigenvalue weighted by molar-refractivity contribution is 7.92. The molecule has 3 N–H and O–H groups in total. The smallest absolute Gasteiger partial charge is 0.248 e. The molecule has 0 saturated carbocycles. The van der Waals surface area contributed by atoms with Crippen molar-refractivity contribution in [3.05, 3.63) is 6.20 Å². The van der Waals surface area contributed by atoms with Crippen molar-refractivity contribution in [3.63, 3.8) is 0 Å². The van der Waals surface area contributed by atoms with E-state index in [9.17, 15) is 16.8 Å². The molecule has 0 aliphatic carbocycles. The van der Waals surface area contributed by atoms with Gasteiger partial charge in [-0.25, -0.2) is 16.8 Å². The first kappa shape index (κ1) is 14.3. The monoisotopic (exact) mass is 308 g/mol. The number of nitrogens with zero attached hydrogens (tertiary/aromatic N) is 2. The van der Waals surface area contributed by atoms with E-state index in [4.69, 9.17) is 5.73 Å². The van der Waals surface area contributed by atoms with Crippen LogP contribution in [0.3, 0.4) is 0 Å². The van der Waals surface area contributed by atoms with E-state index in [0.717, 1.165) is 6.20 Å². The van der Waals surface area contributed by atoms with Crippen LogP contribution in [0, 0.1) is 0 Å². The molecule has 1 saturated heterocycles. The minimum atomic E-state index is -3.82. The van der Waals surface area contributed by atoms with Crippen LogP contribution < -0.4 is 5.73 Å². The van der Waals surface area contributed by atoms with Crippen LogP contribution in [0.2, 0.25) is 0 Å². The topological polar surface area (TPSA) is 126 Å². The summed E-state index contributed by atoms with van der Waals surface area (Å²) in [6.45, 7) is 1.85. The fourth-order valence-electron chi connectivity index (χ4n) is 2.24. The Morgan fingerprint density at radius 1 is 1.58 bits per heavy atom. The summed E-state index contributed by atoms with van der Waals surface area (Å²) in [6, 6.07) is -0.533. The Hall–Kier alpha value is -1.13. The molecule has 1 unspecified atom stereocenters. The summed E-state index contributed by atoms with van der Waals surface area (Å²) in [6.07, 6.45) is 1.45. The van der Waals surface area contributed by atoms with Gasteiger partial charge in [-0.1, -0.05) is 6.92 Å². The Balaban J connectivity index is 2.35. The van der Waals surface area contributed by atoms with E-state index < -0.39 is 25.9 Å². The third kappa shape index (κ3) is 2.60. The number of rotatable bonds is 4. The van der Waals surface area contributed by atoms with Crippen molar-refractivity contribution < 1.29 is 16.8 Å². The second-order valence-electron chi connectivity index (χ2n) is 4.41. The number of nitrogen functional groups attached to an aromatic ring is 1. The molecule has 0 spiro atoms. The molecule has 19 heavy (non-hydrogen) atoms. The SMILES string of the molecule is CCN(C1CCS(=O)(=O)C1)S(=O)(=O)c1cn[nH]c1N. The number of nitrogens with one attached hydrogen (secondary N) is 1. The van der Waals surface area contributed by atoms with Crippen LogP contribution in [0.25, 0.3) is 0 Å². The molecule has 2 rings (SSSR count). The minimum Gasteiger partial charge on any atom is -0.383 e. The molecular weight excluding hydrogens is 292 g/mol. The summed E-state index contributed by atoms with van der Waals surface area (Å²) in [7, 11) is -6.97. The number of aromatic nitrogens is 2. The molecule has 1 aromatic rings. The summed E-state index contributed by atoms with van der Waals surface area (Å²) < 4.78 is 49.0. The number of hydrogen-bond acceptors (Lipinski definition) is 6. The van der Waals surface area contributed by atoms with Crippen LogP contribution in [-0.4, -0.2) is 55.4 Å². The summed E-state index contributed by atoms with van der Waals surface area (Å²) in [5, 5.41) is 5.95. The van der Waals surface area contributed by atoms with Crippen LogP contribution in [0.5, 0.6) is 0 Å². The maximum Gasteiger partial charge on any atom is 0.248 e. The lowest BCUT2D eigenvalue weighted by Crippen LogP contribution is -2.41. The van der Waals surface area contributed by atoms with Crippen LogP contribution in [-0.2, 0) is 19.9 Å². The zero-order valence-corrected chi connectivity index (χ0v) is 12.0. The predicted octanol–water partition coefficient (Wildman–Crippen LogP) is -0.810. The zero-order chi connectivity index (χ0) is 14.3. The first-order valence-electron chi connectivity index (χ1n) is 5.79. The molecule has 1 aliphatic heterocycles. The Kier molecular flexibility index (Phi) is 3.58. The third-order valence-corrected chi connectivity index (χ3v) is 6.95. The van der Waals surface area contributed by atoms with Crippen LogP contribution in [0.15, 0.2) is 11.1 Å². The van der Waals surface area contributed by atoms with Crippen LogP contribution >= 0.6 is 0 Å². The molecular formula is C9H16N4O4S2. The van der Waals surface area contributed by atoms with E-state index in [1.54, 1.807) is 6.92 Å². The van der Waals surface area contributed by atoms with Gasteiger partial charge in [0.05, 0.1) is 17.7 Å². The summed E-state index contributed by atoms with van der Waals surface area (Å²) in [5.74, 6) is -0.165. The van der Waals surface area contributed by atoms with Gasteiger partial charge in [-0.05, 0) is 6.42 Å². The molecule has 1 aromatic heterocycles. The van der Waals surface area contributed by atoms with Crippen molar-refractivity contribution in [2.75, 3.05) is 23.8 Å². The first-order chi connectivity index (χ1) is 8.78. The zero-order valence-electron chi connectivity index (χ0n) is 10.4. The number of anilines is 1. The van der Waals surface area contributed by atoms with Crippen molar-refractivity contribution in [1.29, 1.82) is 0 Å². The summed E-state index contributed by atoms with van der Waals surface area (Å²) in [4.78, 5) is -0.112. The predicted molar refractivity (Wildman–Crippen MR) is 69.6 cm³/mol. The van der Waals surface area contributed by atoms with E-state index in [0.29, 0.717) is 6.42 Å². The quantitative estimate of drug-likeness (QED) is 0.749. The number of sulfone groups is 1.